The van der Waals surface area contributed by atoms with Crippen molar-refractivity contribution < 1.29 is 0 Å². The lowest BCUT2D eigenvalue weighted by molar-refractivity contribution is 0.381. The summed E-state index contributed by atoms with van der Waals surface area (Å²) < 4.78 is 0. The van der Waals surface area contributed by atoms with E-state index in [0.717, 1.165) is 17.8 Å². The highest BCUT2D eigenvalue weighted by Gasteiger charge is 2.34. The molecule has 0 N–H and O–H groups in total. The van der Waals surface area contributed by atoms with Gasteiger partial charge in [-0.1, -0.05) is 32.4 Å². The molecule has 2 atom stereocenters. The maximum Gasteiger partial charge on any atom is -0.0138 e. The quantitative estimate of drug-likeness (QED) is 0.514. The van der Waals surface area contributed by atoms with Crippen LogP contribution in [0, 0.1) is 17.8 Å². The Labute approximate surface area is 64.3 Å². The lowest BCUT2D eigenvalue weighted by Gasteiger charge is -2.12. The van der Waals surface area contributed by atoms with Gasteiger partial charge >= 0.3 is 0 Å². The summed E-state index contributed by atoms with van der Waals surface area (Å²) in [5.41, 5.74) is 1.68. The minimum atomic E-state index is 0.849. The fraction of sp³-hybridized carbons (Fsp3) is 0.800. The van der Waals surface area contributed by atoms with E-state index in [1.165, 1.54) is 6.42 Å². The van der Waals surface area contributed by atoms with Gasteiger partial charge in [-0.15, -0.1) is 0 Å². The lowest BCUT2D eigenvalue weighted by Crippen LogP contribution is -2.05. The fourth-order valence-corrected chi connectivity index (χ4v) is 1.52. The molecule has 10 heavy (non-hydrogen) atoms. The summed E-state index contributed by atoms with van der Waals surface area (Å²) in [5.74, 6) is 2.68. The average molecular weight is 138 g/mol. The minimum Gasteiger partial charge on any atom is -0.0881 e. The molecular weight excluding hydrogens is 120 g/mol. The van der Waals surface area contributed by atoms with Crippen molar-refractivity contribution in [2.45, 2.75) is 34.1 Å². The van der Waals surface area contributed by atoms with Gasteiger partial charge in [0.25, 0.3) is 0 Å². The molecule has 0 saturated heterocycles. The molecule has 0 radical (unpaired) electrons. The molecule has 2 unspecified atom stereocenters. The van der Waals surface area contributed by atoms with Crippen molar-refractivity contribution in [1.82, 2.24) is 0 Å². The number of rotatable bonds is 2. The Bertz CT molecular complexity index is 142. The molecule has 1 fully saturated rings. The lowest BCUT2D eigenvalue weighted by atomic mass is 9.93. The molecule has 0 aromatic rings. The van der Waals surface area contributed by atoms with Gasteiger partial charge in [0.05, 0.1) is 0 Å². The molecule has 1 aliphatic carbocycles. The summed E-state index contributed by atoms with van der Waals surface area (Å²) >= 11 is 0. The van der Waals surface area contributed by atoms with E-state index in [0.29, 0.717) is 0 Å². The summed E-state index contributed by atoms with van der Waals surface area (Å²) in [7, 11) is 0. The van der Waals surface area contributed by atoms with Crippen LogP contribution in [0.3, 0.4) is 0 Å². The zero-order valence-electron chi connectivity index (χ0n) is 7.52. The van der Waals surface area contributed by atoms with E-state index in [2.05, 4.69) is 33.8 Å². The smallest absolute Gasteiger partial charge is 0.0138 e. The van der Waals surface area contributed by atoms with Crippen LogP contribution in [-0.4, -0.2) is 0 Å². The van der Waals surface area contributed by atoms with E-state index in [4.69, 9.17) is 0 Å². The Morgan fingerprint density at radius 2 is 2.00 bits per heavy atom. The van der Waals surface area contributed by atoms with E-state index >= 15 is 0 Å². The molecule has 58 valence electrons. The van der Waals surface area contributed by atoms with Gasteiger partial charge in [0.1, 0.15) is 0 Å². The highest BCUT2D eigenvalue weighted by Crippen LogP contribution is 2.45. The van der Waals surface area contributed by atoms with Crippen molar-refractivity contribution in [2.75, 3.05) is 0 Å². The molecule has 1 saturated carbocycles. The predicted octanol–water partition coefficient (Wildman–Crippen LogP) is 3.24. The fourth-order valence-electron chi connectivity index (χ4n) is 1.52. The second-order valence-corrected chi connectivity index (χ2v) is 3.78. The third-order valence-corrected chi connectivity index (χ3v) is 2.83. The van der Waals surface area contributed by atoms with Gasteiger partial charge in [-0.3, -0.25) is 0 Å². The molecule has 1 aliphatic rings. The zero-order valence-corrected chi connectivity index (χ0v) is 7.52. The maximum absolute atomic E-state index is 2.37. The second kappa shape index (κ2) is 2.77. The van der Waals surface area contributed by atoms with Gasteiger partial charge < -0.3 is 0 Å². The summed E-state index contributed by atoms with van der Waals surface area (Å²) in [6.45, 7) is 9.15. The Morgan fingerprint density at radius 1 is 1.40 bits per heavy atom. The molecule has 0 heterocycles. The Hall–Kier alpha value is -0.260. The molecule has 0 aliphatic heterocycles. The molecule has 0 bridgehead atoms. The predicted molar refractivity (Wildman–Crippen MR) is 45.9 cm³/mol. The van der Waals surface area contributed by atoms with E-state index in [1.54, 1.807) is 5.57 Å². The summed E-state index contributed by atoms with van der Waals surface area (Å²) in [6.07, 6.45) is 3.65. The van der Waals surface area contributed by atoms with E-state index < -0.39 is 0 Å². The van der Waals surface area contributed by atoms with Gasteiger partial charge in [-0.05, 0) is 31.1 Å². The topological polar surface area (TPSA) is 0 Å². The van der Waals surface area contributed by atoms with E-state index in [-0.39, 0.29) is 0 Å². The van der Waals surface area contributed by atoms with Crippen molar-refractivity contribution in [3.05, 3.63) is 11.6 Å². The van der Waals surface area contributed by atoms with E-state index in [1.807, 2.05) is 0 Å². The number of hydrogen-bond acceptors (Lipinski definition) is 0. The van der Waals surface area contributed by atoms with Crippen LogP contribution in [0.25, 0.3) is 0 Å². The van der Waals surface area contributed by atoms with Gasteiger partial charge in [-0.25, -0.2) is 0 Å². The van der Waals surface area contributed by atoms with Crippen LogP contribution in [0.5, 0.6) is 0 Å². The maximum atomic E-state index is 2.37. The van der Waals surface area contributed by atoms with Crippen molar-refractivity contribution in [3.63, 3.8) is 0 Å². The highest BCUT2D eigenvalue weighted by atomic mass is 14.4. The second-order valence-electron chi connectivity index (χ2n) is 3.78. The molecule has 0 heteroatoms. The molecule has 1 rings (SSSR count). The van der Waals surface area contributed by atoms with Crippen LogP contribution in [0.15, 0.2) is 11.6 Å². The molecular formula is C10H18. The van der Waals surface area contributed by atoms with E-state index in [9.17, 15) is 0 Å². The zero-order chi connectivity index (χ0) is 7.72. The number of hydrogen-bond donors (Lipinski definition) is 0. The molecule has 0 aromatic carbocycles. The van der Waals surface area contributed by atoms with Gasteiger partial charge in [0.2, 0.25) is 0 Å². The molecule has 0 nitrogen and oxygen atoms in total. The summed E-state index contributed by atoms with van der Waals surface area (Å²) in [5, 5.41) is 0. The first-order chi connectivity index (χ1) is 4.66. The third-order valence-electron chi connectivity index (χ3n) is 2.83. The summed E-state index contributed by atoms with van der Waals surface area (Å²) in [6, 6.07) is 0. The minimum absolute atomic E-state index is 0.849. The first-order valence-corrected chi connectivity index (χ1v) is 4.32. The normalized spacial score (nSPS) is 31.3. The van der Waals surface area contributed by atoms with Crippen LogP contribution in [0.4, 0.5) is 0 Å². The average Bonchev–Trinajstić information content (AvgIpc) is 2.64. The Kier molecular flexibility index (Phi) is 2.18. The van der Waals surface area contributed by atoms with Crippen LogP contribution in [0.2, 0.25) is 0 Å². The monoisotopic (exact) mass is 138 g/mol. The standard InChI is InChI=1S/C10H18/c1-5-9-6-10(9)8(4)7(2)3/h5,7-8,10H,6H2,1-4H3. The molecule has 0 aromatic heterocycles. The van der Waals surface area contributed by atoms with Crippen molar-refractivity contribution in [1.29, 1.82) is 0 Å². The number of allylic oxidation sites excluding steroid dienone is 2. The van der Waals surface area contributed by atoms with Crippen LogP contribution >= 0.6 is 0 Å². The van der Waals surface area contributed by atoms with Gasteiger partial charge in [0.15, 0.2) is 0 Å². The third kappa shape index (κ3) is 1.42. The van der Waals surface area contributed by atoms with Crippen molar-refractivity contribution in [2.24, 2.45) is 17.8 Å². The highest BCUT2D eigenvalue weighted by molar-refractivity contribution is 5.23. The Morgan fingerprint density at radius 3 is 2.30 bits per heavy atom. The van der Waals surface area contributed by atoms with Gasteiger partial charge in [0, 0.05) is 0 Å². The molecule has 0 amide bonds. The van der Waals surface area contributed by atoms with Crippen LogP contribution in [0.1, 0.15) is 34.1 Å². The largest absolute Gasteiger partial charge is 0.0881 e. The molecule has 0 spiro atoms. The van der Waals surface area contributed by atoms with Crippen molar-refractivity contribution >= 4 is 0 Å². The SMILES string of the molecule is CC=C1CC1C(C)C(C)C. The van der Waals surface area contributed by atoms with Gasteiger partial charge in [-0.2, -0.15) is 0 Å². The van der Waals surface area contributed by atoms with Crippen LogP contribution in [-0.2, 0) is 0 Å². The Balaban J connectivity index is 2.39. The van der Waals surface area contributed by atoms with Crippen molar-refractivity contribution in [3.8, 4) is 0 Å². The summed E-state index contributed by atoms with van der Waals surface area (Å²) in [4.78, 5) is 0. The first-order valence-electron chi connectivity index (χ1n) is 4.32. The first kappa shape index (κ1) is 7.84. The van der Waals surface area contributed by atoms with Crippen LogP contribution < -0.4 is 0 Å².